The van der Waals surface area contributed by atoms with Gasteiger partial charge in [-0.15, -0.1) is 0 Å². The molecule has 0 aliphatic heterocycles. The van der Waals surface area contributed by atoms with Crippen molar-refractivity contribution in [3.05, 3.63) is 29.8 Å². The molecule has 0 aromatic heterocycles. The van der Waals surface area contributed by atoms with Crippen LogP contribution in [0.5, 0.6) is 0 Å². The summed E-state index contributed by atoms with van der Waals surface area (Å²) in [5.41, 5.74) is 6.79. The first kappa shape index (κ1) is 16.1. The zero-order valence-electron chi connectivity index (χ0n) is 11.7. The van der Waals surface area contributed by atoms with Crippen LogP contribution in [0.2, 0.25) is 0 Å². The Bertz CT molecular complexity index is 486. The highest BCUT2D eigenvalue weighted by Gasteiger charge is 2.14. The molecule has 0 radical (unpaired) electrons. The number of hydrogen-bond donors (Lipinski definition) is 2. The van der Waals surface area contributed by atoms with Crippen molar-refractivity contribution in [1.82, 2.24) is 4.72 Å². The number of nitrogens with one attached hydrogen (secondary N) is 1. The van der Waals surface area contributed by atoms with Crippen molar-refractivity contribution in [2.45, 2.75) is 50.5 Å². The van der Waals surface area contributed by atoms with Gasteiger partial charge in [0.2, 0.25) is 10.0 Å². The third kappa shape index (κ3) is 4.93. The third-order valence-electron chi connectivity index (χ3n) is 3.11. The Labute approximate surface area is 116 Å². The van der Waals surface area contributed by atoms with Gasteiger partial charge in [0.15, 0.2) is 0 Å². The first-order valence-electron chi connectivity index (χ1n) is 6.86. The fourth-order valence-corrected chi connectivity index (χ4v) is 2.94. The highest BCUT2D eigenvalue weighted by Crippen LogP contribution is 2.18. The van der Waals surface area contributed by atoms with Crippen LogP contribution in [0.4, 0.5) is 0 Å². The second-order valence-electron chi connectivity index (χ2n) is 4.69. The van der Waals surface area contributed by atoms with Gasteiger partial charge < -0.3 is 5.73 Å². The van der Waals surface area contributed by atoms with E-state index in [2.05, 4.69) is 11.6 Å². The molecule has 0 spiro atoms. The van der Waals surface area contributed by atoms with Crippen LogP contribution >= 0.6 is 0 Å². The van der Waals surface area contributed by atoms with Gasteiger partial charge in [0.05, 0.1) is 4.90 Å². The lowest BCUT2D eigenvalue weighted by molar-refractivity contribution is 0.575. The molecular weight excluding hydrogens is 260 g/mol. The van der Waals surface area contributed by atoms with Gasteiger partial charge in [-0.1, -0.05) is 38.8 Å². The molecule has 0 aliphatic rings. The van der Waals surface area contributed by atoms with Crippen LogP contribution in [-0.4, -0.2) is 15.0 Å². The topological polar surface area (TPSA) is 72.2 Å². The van der Waals surface area contributed by atoms with Gasteiger partial charge >= 0.3 is 0 Å². The van der Waals surface area contributed by atoms with E-state index in [1.807, 2.05) is 13.0 Å². The van der Waals surface area contributed by atoms with E-state index in [1.54, 1.807) is 18.2 Å². The summed E-state index contributed by atoms with van der Waals surface area (Å²) in [6.07, 6.45) is 3.75. The maximum atomic E-state index is 12.1. The van der Waals surface area contributed by atoms with Crippen molar-refractivity contribution in [1.29, 1.82) is 0 Å². The molecule has 1 aromatic carbocycles. The SMILES string of the molecule is CCCCCNS(=O)(=O)c1cccc(C(N)CC)c1. The van der Waals surface area contributed by atoms with E-state index >= 15 is 0 Å². The van der Waals surface area contributed by atoms with Crippen molar-refractivity contribution in [3.8, 4) is 0 Å². The van der Waals surface area contributed by atoms with Crippen LogP contribution in [0.3, 0.4) is 0 Å². The molecular formula is C14H24N2O2S. The molecule has 0 saturated heterocycles. The molecule has 19 heavy (non-hydrogen) atoms. The number of nitrogens with two attached hydrogens (primary N) is 1. The summed E-state index contributed by atoms with van der Waals surface area (Å²) in [5.74, 6) is 0. The lowest BCUT2D eigenvalue weighted by Crippen LogP contribution is -2.25. The first-order valence-corrected chi connectivity index (χ1v) is 8.34. The molecule has 0 fully saturated rings. The molecule has 0 aliphatic carbocycles. The molecule has 0 heterocycles. The van der Waals surface area contributed by atoms with Crippen LogP contribution in [0, 0.1) is 0 Å². The molecule has 1 aromatic rings. The predicted molar refractivity (Wildman–Crippen MR) is 78.4 cm³/mol. The molecule has 5 heteroatoms. The quantitative estimate of drug-likeness (QED) is 0.721. The lowest BCUT2D eigenvalue weighted by Gasteiger charge is -2.12. The summed E-state index contributed by atoms with van der Waals surface area (Å²) in [6.45, 7) is 4.55. The average Bonchev–Trinajstić information content (AvgIpc) is 2.43. The Balaban J connectivity index is 2.77. The second-order valence-corrected chi connectivity index (χ2v) is 6.46. The molecule has 0 saturated carbocycles. The summed E-state index contributed by atoms with van der Waals surface area (Å²) in [6, 6.07) is 6.76. The van der Waals surface area contributed by atoms with E-state index < -0.39 is 10.0 Å². The Morgan fingerprint density at radius 1 is 1.26 bits per heavy atom. The number of hydrogen-bond acceptors (Lipinski definition) is 3. The van der Waals surface area contributed by atoms with Crippen LogP contribution < -0.4 is 10.5 Å². The third-order valence-corrected chi connectivity index (χ3v) is 4.57. The van der Waals surface area contributed by atoms with E-state index in [0.717, 1.165) is 31.2 Å². The van der Waals surface area contributed by atoms with E-state index in [-0.39, 0.29) is 6.04 Å². The van der Waals surface area contributed by atoms with E-state index in [9.17, 15) is 8.42 Å². The molecule has 0 amide bonds. The largest absolute Gasteiger partial charge is 0.324 e. The standard InChI is InChI=1S/C14H24N2O2S/c1-3-5-6-10-16-19(17,18)13-9-7-8-12(11-13)14(15)4-2/h7-9,11,14,16H,3-6,10,15H2,1-2H3. The van der Waals surface area contributed by atoms with E-state index in [0.29, 0.717) is 11.4 Å². The minimum atomic E-state index is -3.41. The summed E-state index contributed by atoms with van der Waals surface area (Å²) in [7, 11) is -3.41. The highest BCUT2D eigenvalue weighted by atomic mass is 32.2. The summed E-state index contributed by atoms with van der Waals surface area (Å²) in [4.78, 5) is 0.297. The smallest absolute Gasteiger partial charge is 0.240 e. The molecule has 3 N–H and O–H groups in total. The summed E-state index contributed by atoms with van der Waals surface area (Å²) >= 11 is 0. The van der Waals surface area contributed by atoms with Crippen LogP contribution in [0.1, 0.15) is 51.1 Å². The molecule has 4 nitrogen and oxygen atoms in total. The molecule has 1 unspecified atom stereocenters. The number of benzene rings is 1. The fourth-order valence-electron chi connectivity index (χ4n) is 1.81. The fraction of sp³-hybridized carbons (Fsp3) is 0.571. The Hall–Kier alpha value is -0.910. The van der Waals surface area contributed by atoms with Crippen LogP contribution in [-0.2, 0) is 10.0 Å². The number of unbranched alkanes of at least 4 members (excludes halogenated alkanes) is 2. The first-order chi connectivity index (χ1) is 9.01. The highest BCUT2D eigenvalue weighted by molar-refractivity contribution is 7.89. The van der Waals surface area contributed by atoms with Crippen LogP contribution in [0.15, 0.2) is 29.2 Å². The lowest BCUT2D eigenvalue weighted by atomic mass is 10.1. The predicted octanol–water partition coefficient (Wildman–Crippen LogP) is 2.56. The molecule has 1 rings (SSSR count). The number of sulfonamides is 1. The Morgan fingerprint density at radius 3 is 2.63 bits per heavy atom. The Morgan fingerprint density at radius 2 is 2.00 bits per heavy atom. The van der Waals surface area contributed by atoms with Crippen molar-refractivity contribution in [3.63, 3.8) is 0 Å². The van der Waals surface area contributed by atoms with Gasteiger partial charge in [-0.05, 0) is 30.5 Å². The molecule has 1 atom stereocenters. The monoisotopic (exact) mass is 284 g/mol. The summed E-state index contributed by atoms with van der Waals surface area (Å²) in [5, 5.41) is 0. The Kier molecular flexibility index (Phi) is 6.48. The minimum Gasteiger partial charge on any atom is -0.324 e. The maximum Gasteiger partial charge on any atom is 0.240 e. The van der Waals surface area contributed by atoms with Crippen molar-refractivity contribution < 1.29 is 8.42 Å². The molecule has 108 valence electrons. The van der Waals surface area contributed by atoms with Gasteiger partial charge in [-0.25, -0.2) is 13.1 Å². The zero-order valence-corrected chi connectivity index (χ0v) is 12.5. The van der Waals surface area contributed by atoms with Gasteiger partial charge in [0, 0.05) is 12.6 Å². The van der Waals surface area contributed by atoms with E-state index in [1.165, 1.54) is 0 Å². The van der Waals surface area contributed by atoms with Crippen molar-refractivity contribution >= 4 is 10.0 Å². The van der Waals surface area contributed by atoms with Gasteiger partial charge in [0.25, 0.3) is 0 Å². The van der Waals surface area contributed by atoms with Gasteiger partial charge in [-0.2, -0.15) is 0 Å². The van der Waals surface area contributed by atoms with Gasteiger partial charge in [0.1, 0.15) is 0 Å². The average molecular weight is 284 g/mol. The normalized spacial score (nSPS) is 13.4. The van der Waals surface area contributed by atoms with E-state index in [4.69, 9.17) is 5.73 Å². The van der Waals surface area contributed by atoms with Crippen molar-refractivity contribution in [2.75, 3.05) is 6.54 Å². The van der Waals surface area contributed by atoms with Gasteiger partial charge in [-0.3, -0.25) is 0 Å². The maximum absolute atomic E-state index is 12.1. The number of rotatable bonds is 8. The molecule has 0 bridgehead atoms. The van der Waals surface area contributed by atoms with Crippen LogP contribution in [0.25, 0.3) is 0 Å². The zero-order chi connectivity index (χ0) is 14.3. The second kappa shape index (κ2) is 7.62. The minimum absolute atomic E-state index is 0.116. The van der Waals surface area contributed by atoms with Crippen molar-refractivity contribution in [2.24, 2.45) is 5.73 Å². The summed E-state index contributed by atoms with van der Waals surface area (Å²) < 4.78 is 26.8.